The maximum Gasteiger partial charge on any atom is 0.306 e. The van der Waals surface area contributed by atoms with Crippen LogP contribution in [0.3, 0.4) is 0 Å². The van der Waals surface area contributed by atoms with Crippen LogP contribution in [0.4, 0.5) is 5.69 Å². The zero-order chi connectivity index (χ0) is 21.1. The van der Waals surface area contributed by atoms with Gasteiger partial charge >= 0.3 is 5.97 Å². The molecule has 0 aliphatic heterocycles. The monoisotopic (exact) mass is 398 g/mol. The van der Waals surface area contributed by atoms with Crippen molar-refractivity contribution in [2.45, 2.75) is 25.8 Å². The highest BCUT2D eigenvalue weighted by Gasteiger charge is 2.12. The molecule has 0 spiro atoms. The number of anilines is 1. The fourth-order valence-electron chi connectivity index (χ4n) is 2.56. The predicted molar refractivity (Wildman–Crippen MR) is 109 cm³/mol. The summed E-state index contributed by atoms with van der Waals surface area (Å²) in [7, 11) is 1.51. The lowest BCUT2D eigenvalue weighted by Crippen LogP contribution is -2.26. The average molecular weight is 398 g/mol. The maximum absolute atomic E-state index is 12.4. The standard InChI is InChI=1S/C22H26N2O5/c1-16(17-6-4-3-5-7-17)23-22(27)18-8-10-19(11-9-18)24-20(25)12-13-21(26)29-15-14-28-2/h3-11,16H,12-15H2,1-2H3,(H,23,27)(H,24,25). The van der Waals surface area contributed by atoms with Gasteiger partial charge in [-0.3, -0.25) is 14.4 Å². The molecule has 29 heavy (non-hydrogen) atoms. The van der Waals surface area contributed by atoms with Crippen LogP contribution in [0.15, 0.2) is 54.6 Å². The van der Waals surface area contributed by atoms with Crippen LogP contribution in [0.1, 0.15) is 41.7 Å². The zero-order valence-electron chi connectivity index (χ0n) is 16.6. The number of carbonyl (C=O) groups is 3. The minimum Gasteiger partial charge on any atom is -0.463 e. The van der Waals surface area contributed by atoms with Crippen molar-refractivity contribution < 1.29 is 23.9 Å². The molecule has 2 rings (SSSR count). The second kappa shape index (κ2) is 11.6. The van der Waals surface area contributed by atoms with Crippen molar-refractivity contribution in [1.82, 2.24) is 5.32 Å². The minimum absolute atomic E-state index is 0.00654. The predicted octanol–water partition coefficient (Wildman–Crippen LogP) is 3.09. The number of nitrogens with one attached hydrogen (secondary N) is 2. The molecule has 2 aromatic carbocycles. The third kappa shape index (κ3) is 7.75. The van der Waals surface area contributed by atoms with Gasteiger partial charge in [0.2, 0.25) is 5.91 Å². The van der Waals surface area contributed by atoms with E-state index in [-0.39, 0.29) is 37.3 Å². The number of methoxy groups -OCH3 is 1. The Kier molecular flexibility index (Phi) is 8.85. The zero-order valence-corrected chi connectivity index (χ0v) is 16.6. The van der Waals surface area contributed by atoms with E-state index in [4.69, 9.17) is 9.47 Å². The molecule has 0 bridgehead atoms. The van der Waals surface area contributed by atoms with Gasteiger partial charge in [-0.1, -0.05) is 30.3 Å². The quantitative estimate of drug-likeness (QED) is 0.474. The average Bonchev–Trinajstić information content (AvgIpc) is 2.73. The second-order valence-electron chi connectivity index (χ2n) is 6.44. The summed E-state index contributed by atoms with van der Waals surface area (Å²) in [5.41, 5.74) is 2.06. The van der Waals surface area contributed by atoms with Crippen molar-refractivity contribution in [2.24, 2.45) is 0 Å². The Morgan fingerprint density at radius 1 is 0.931 bits per heavy atom. The summed E-state index contributed by atoms with van der Waals surface area (Å²) in [4.78, 5) is 35.8. The van der Waals surface area contributed by atoms with Crippen LogP contribution in [-0.4, -0.2) is 38.1 Å². The Morgan fingerprint density at radius 2 is 1.62 bits per heavy atom. The van der Waals surface area contributed by atoms with E-state index >= 15 is 0 Å². The summed E-state index contributed by atoms with van der Waals surface area (Å²) < 4.78 is 9.68. The van der Waals surface area contributed by atoms with Crippen LogP contribution in [0.2, 0.25) is 0 Å². The van der Waals surface area contributed by atoms with Crippen molar-refractivity contribution >= 4 is 23.5 Å². The number of rotatable bonds is 10. The number of carbonyl (C=O) groups excluding carboxylic acids is 3. The molecular formula is C22H26N2O5. The Balaban J connectivity index is 1.79. The van der Waals surface area contributed by atoms with Gasteiger partial charge in [-0.15, -0.1) is 0 Å². The SMILES string of the molecule is COCCOC(=O)CCC(=O)Nc1ccc(C(=O)NC(C)c2ccccc2)cc1. The van der Waals surface area contributed by atoms with Crippen LogP contribution in [0.5, 0.6) is 0 Å². The topological polar surface area (TPSA) is 93.7 Å². The Hall–Kier alpha value is -3.19. The van der Waals surface area contributed by atoms with E-state index in [9.17, 15) is 14.4 Å². The first-order valence-electron chi connectivity index (χ1n) is 9.40. The van der Waals surface area contributed by atoms with Gasteiger partial charge in [-0.25, -0.2) is 0 Å². The largest absolute Gasteiger partial charge is 0.463 e. The Morgan fingerprint density at radius 3 is 2.28 bits per heavy atom. The molecule has 0 fully saturated rings. The lowest BCUT2D eigenvalue weighted by Gasteiger charge is -2.14. The van der Waals surface area contributed by atoms with Crippen molar-refractivity contribution in [2.75, 3.05) is 25.6 Å². The first kappa shape index (κ1) is 22.1. The Labute approximate surface area is 170 Å². The van der Waals surface area contributed by atoms with Gasteiger partial charge in [-0.05, 0) is 36.8 Å². The minimum atomic E-state index is -0.447. The van der Waals surface area contributed by atoms with Gasteiger partial charge in [0.25, 0.3) is 5.91 Å². The molecule has 0 heterocycles. The fourth-order valence-corrected chi connectivity index (χ4v) is 2.56. The van der Waals surface area contributed by atoms with Gasteiger partial charge in [0.15, 0.2) is 0 Å². The van der Waals surface area contributed by atoms with Gasteiger partial charge < -0.3 is 20.1 Å². The molecule has 154 valence electrons. The molecule has 0 aromatic heterocycles. The Bertz CT molecular complexity index is 806. The number of hydrogen-bond acceptors (Lipinski definition) is 5. The number of ether oxygens (including phenoxy) is 2. The molecule has 0 saturated heterocycles. The van der Waals surface area contributed by atoms with Gasteiger partial charge in [0, 0.05) is 24.8 Å². The van der Waals surface area contributed by atoms with Crippen molar-refractivity contribution in [3.05, 3.63) is 65.7 Å². The third-order valence-corrected chi connectivity index (χ3v) is 4.18. The summed E-state index contributed by atoms with van der Waals surface area (Å²) in [5.74, 6) is -0.946. The smallest absolute Gasteiger partial charge is 0.306 e. The molecule has 0 aliphatic carbocycles. The van der Waals surface area contributed by atoms with Crippen LogP contribution in [0, 0.1) is 0 Å². The van der Waals surface area contributed by atoms with E-state index in [0.717, 1.165) is 5.56 Å². The summed E-state index contributed by atoms with van der Waals surface area (Å²) in [6.45, 7) is 2.41. The lowest BCUT2D eigenvalue weighted by atomic mass is 10.1. The molecule has 0 radical (unpaired) electrons. The number of amides is 2. The van der Waals surface area contributed by atoms with Gasteiger partial charge in [-0.2, -0.15) is 0 Å². The van der Waals surface area contributed by atoms with Crippen LogP contribution < -0.4 is 10.6 Å². The summed E-state index contributed by atoms with van der Waals surface area (Å²) >= 11 is 0. The van der Waals surface area contributed by atoms with Gasteiger partial charge in [0.05, 0.1) is 19.1 Å². The lowest BCUT2D eigenvalue weighted by molar-refractivity contribution is -0.145. The molecule has 2 N–H and O–H groups in total. The van der Waals surface area contributed by atoms with Crippen LogP contribution in [0.25, 0.3) is 0 Å². The van der Waals surface area contributed by atoms with Crippen LogP contribution >= 0.6 is 0 Å². The van der Waals surface area contributed by atoms with Crippen LogP contribution in [-0.2, 0) is 19.1 Å². The first-order chi connectivity index (χ1) is 14.0. The van der Waals surface area contributed by atoms with E-state index < -0.39 is 5.97 Å². The number of hydrogen-bond donors (Lipinski definition) is 2. The highest BCUT2D eigenvalue weighted by Crippen LogP contribution is 2.14. The summed E-state index contributed by atoms with van der Waals surface area (Å²) in [6.07, 6.45) is 0.00998. The second-order valence-corrected chi connectivity index (χ2v) is 6.44. The molecular weight excluding hydrogens is 372 g/mol. The molecule has 0 aliphatic rings. The van der Waals surface area contributed by atoms with Crippen molar-refractivity contribution in [3.63, 3.8) is 0 Å². The third-order valence-electron chi connectivity index (χ3n) is 4.18. The van der Waals surface area contributed by atoms with Gasteiger partial charge in [0.1, 0.15) is 6.61 Å². The highest BCUT2D eigenvalue weighted by atomic mass is 16.6. The van der Waals surface area contributed by atoms with E-state index in [0.29, 0.717) is 17.9 Å². The molecule has 0 saturated carbocycles. The molecule has 7 nitrogen and oxygen atoms in total. The van der Waals surface area contributed by atoms with Crippen molar-refractivity contribution in [1.29, 1.82) is 0 Å². The fraction of sp³-hybridized carbons (Fsp3) is 0.318. The van der Waals surface area contributed by atoms with E-state index in [1.54, 1.807) is 24.3 Å². The van der Waals surface area contributed by atoms with E-state index in [2.05, 4.69) is 10.6 Å². The first-order valence-corrected chi connectivity index (χ1v) is 9.40. The molecule has 2 aromatic rings. The van der Waals surface area contributed by atoms with E-state index in [1.165, 1.54) is 7.11 Å². The number of esters is 1. The molecule has 1 unspecified atom stereocenters. The molecule has 1 atom stereocenters. The normalized spacial score (nSPS) is 11.4. The summed E-state index contributed by atoms with van der Waals surface area (Å²) in [5, 5.41) is 5.63. The summed E-state index contributed by atoms with van der Waals surface area (Å²) in [6, 6.07) is 16.1. The maximum atomic E-state index is 12.4. The highest BCUT2D eigenvalue weighted by molar-refractivity contribution is 5.96. The molecule has 7 heteroatoms. The molecule has 2 amide bonds. The van der Waals surface area contributed by atoms with E-state index in [1.807, 2.05) is 37.3 Å². The van der Waals surface area contributed by atoms with Crippen molar-refractivity contribution in [3.8, 4) is 0 Å². The number of benzene rings is 2.